The van der Waals surface area contributed by atoms with E-state index in [1.807, 2.05) is 0 Å². The second kappa shape index (κ2) is 4.34. The molecule has 2 fully saturated rings. The van der Waals surface area contributed by atoms with E-state index in [1.165, 1.54) is 0 Å². The molecule has 1 saturated heterocycles. The molecule has 0 spiro atoms. The van der Waals surface area contributed by atoms with E-state index in [2.05, 4.69) is 5.92 Å². The van der Waals surface area contributed by atoms with Crippen LogP contribution in [0.3, 0.4) is 0 Å². The molecule has 0 unspecified atom stereocenters. The third-order valence-electron chi connectivity index (χ3n) is 3.44. The molecule has 4 heteroatoms. The lowest BCUT2D eigenvalue weighted by Gasteiger charge is -2.36. The lowest BCUT2D eigenvalue weighted by atomic mass is 9.93. The molecule has 4 nitrogen and oxygen atoms in total. The molecule has 0 atom stereocenters. The molecular formula is C12H17NO3. The maximum Gasteiger partial charge on any atom is 0.410 e. The number of hydrogen-bond donors (Lipinski definition) is 1. The second-order valence-corrected chi connectivity index (χ2v) is 4.60. The van der Waals surface area contributed by atoms with E-state index in [0.29, 0.717) is 25.9 Å². The molecule has 16 heavy (non-hydrogen) atoms. The lowest BCUT2D eigenvalue weighted by molar-refractivity contribution is -0.00307. The van der Waals surface area contributed by atoms with Crippen LogP contribution in [0.2, 0.25) is 0 Å². The standard InChI is InChI=1S/C12H17NO3/c1-2-12(15)6-8-13(9-7-12)11(14)16-10-4-3-5-10/h1,10,15H,3-9H2. The molecule has 1 saturated carbocycles. The van der Waals surface area contributed by atoms with Crippen molar-refractivity contribution in [3.8, 4) is 12.3 Å². The highest BCUT2D eigenvalue weighted by Gasteiger charge is 2.33. The Morgan fingerprint density at radius 3 is 2.50 bits per heavy atom. The van der Waals surface area contributed by atoms with Crippen LogP contribution in [0.15, 0.2) is 0 Å². The van der Waals surface area contributed by atoms with Gasteiger partial charge in [-0.25, -0.2) is 4.79 Å². The van der Waals surface area contributed by atoms with Crippen LogP contribution in [0.25, 0.3) is 0 Å². The Kier molecular flexibility index (Phi) is 3.06. The minimum atomic E-state index is -1.03. The number of amides is 1. The van der Waals surface area contributed by atoms with E-state index in [1.54, 1.807) is 4.90 Å². The number of likely N-dealkylation sites (tertiary alicyclic amines) is 1. The van der Waals surface area contributed by atoms with Crippen LogP contribution in [-0.4, -0.2) is 40.9 Å². The van der Waals surface area contributed by atoms with E-state index in [9.17, 15) is 9.90 Å². The zero-order valence-electron chi connectivity index (χ0n) is 9.32. The van der Waals surface area contributed by atoms with Crippen LogP contribution >= 0.6 is 0 Å². The average Bonchev–Trinajstić information content (AvgIpc) is 2.24. The maximum absolute atomic E-state index is 11.7. The zero-order chi connectivity index (χ0) is 11.6. The normalized spacial score (nSPS) is 24.4. The van der Waals surface area contributed by atoms with Crippen molar-refractivity contribution in [1.29, 1.82) is 0 Å². The lowest BCUT2D eigenvalue weighted by Crippen LogP contribution is -2.47. The van der Waals surface area contributed by atoms with Gasteiger partial charge in [0, 0.05) is 25.9 Å². The van der Waals surface area contributed by atoms with Crippen LogP contribution in [-0.2, 0) is 4.74 Å². The Morgan fingerprint density at radius 1 is 1.44 bits per heavy atom. The van der Waals surface area contributed by atoms with Crippen molar-refractivity contribution < 1.29 is 14.6 Å². The largest absolute Gasteiger partial charge is 0.446 e. The predicted molar refractivity (Wildman–Crippen MR) is 58.7 cm³/mol. The van der Waals surface area contributed by atoms with Crippen molar-refractivity contribution in [3.05, 3.63) is 0 Å². The highest BCUT2D eigenvalue weighted by atomic mass is 16.6. The van der Waals surface area contributed by atoms with Gasteiger partial charge >= 0.3 is 6.09 Å². The summed E-state index contributed by atoms with van der Waals surface area (Å²) in [5.41, 5.74) is -1.03. The highest BCUT2D eigenvalue weighted by molar-refractivity contribution is 5.68. The molecule has 1 amide bonds. The number of piperidine rings is 1. The first-order chi connectivity index (χ1) is 7.63. The minimum Gasteiger partial charge on any atom is -0.446 e. The second-order valence-electron chi connectivity index (χ2n) is 4.60. The quantitative estimate of drug-likeness (QED) is 0.678. The summed E-state index contributed by atoms with van der Waals surface area (Å²) in [6.45, 7) is 0.957. The van der Waals surface area contributed by atoms with Gasteiger partial charge in [-0.05, 0) is 19.3 Å². The topological polar surface area (TPSA) is 49.8 Å². The van der Waals surface area contributed by atoms with Gasteiger partial charge in [-0.2, -0.15) is 0 Å². The van der Waals surface area contributed by atoms with Gasteiger partial charge in [0.1, 0.15) is 11.7 Å². The summed E-state index contributed by atoms with van der Waals surface area (Å²) in [7, 11) is 0. The van der Waals surface area contributed by atoms with Crippen LogP contribution in [0.4, 0.5) is 4.79 Å². The summed E-state index contributed by atoms with van der Waals surface area (Å²) in [5.74, 6) is 2.38. The van der Waals surface area contributed by atoms with Gasteiger partial charge in [0.15, 0.2) is 0 Å². The molecule has 88 valence electrons. The summed E-state index contributed by atoms with van der Waals surface area (Å²) in [6, 6.07) is 0. The summed E-state index contributed by atoms with van der Waals surface area (Å²) in [5, 5.41) is 9.80. The van der Waals surface area contributed by atoms with Gasteiger partial charge in [-0.1, -0.05) is 5.92 Å². The summed E-state index contributed by atoms with van der Waals surface area (Å²) in [6.07, 6.45) is 9.06. The molecule has 1 aliphatic heterocycles. The van der Waals surface area contributed by atoms with Gasteiger partial charge in [0.05, 0.1) is 0 Å². The van der Waals surface area contributed by atoms with Gasteiger partial charge in [0.25, 0.3) is 0 Å². The third kappa shape index (κ3) is 2.30. The summed E-state index contributed by atoms with van der Waals surface area (Å²) < 4.78 is 5.28. The number of aliphatic hydroxyl groups is 1. The summed E-state index contributed by atoms with van der Waals surface area (Å²) >= 11 is 0. The number of carbonyl (C=O) groups excluding carboxylic acids is 1. The van der Waals surface area contributed by atoms with E-state index in [0.717, 1.165) is 19.3 Å². The molecule has 1 heterocycles. The van der Waals surface area contributed by atoms with Crippen molar-refractivity contribution >= 4 is 6.09 Å². The first kappa shape index (κ1) is 11.3. The van der Waals surface area contributed by atoms with Gasteiger partial charge in [0.2, 0.25) is 0 Å². The van der Waals surface area contributed by atoms with E-state index >= 15 is 0 Å². The monoisotopic (exact) mass is 223 g/mol. The molecule has 2 aliphatic rings. The van der Waals surface area contributed by atoms with Crippen molar-refractivity contribution in [2.45, 2.75) is 43.8 Å². The van der Waals surface area contributed by atoms with Crippen molar-refractivity contribution in [2.24, 2.45) is 0 Å². The summed E-state index contributed by atoms with van der Waals surface area (Å²) in [4.78, 5) is 13.3. The molecule has 0 radical (unpaired) electrons. The first-order valence-corrected chi connectivity index (χ1v) is 5.79. The predicted octanol–water partition coefficient (Wildman–Crippen LogP) is 1.14. The number of carbonyl (C=O) groups is 1. The molecule has 0 aromatic heterocycles. The minimum absolute atomic E-state index is 0.112. The van der Waals surface area contributed by atoms with Gasteiger partial charge < -0.3 is 14.7 Å². The number of terminal acetylenes is 1. The third-order valence-corrected chi connectivity index (χ3v) is 3.44. The Hall–Kier alpha value is -1.21. The van der Waals surface area contributed by atoms with E-state index < -0.39 is 5.60 Å². The average molecular weight is 223 g/mol. The fourth-order valence-corrected chi connectivity index (χ4v) is 1.91. The molecular weight excluding hydrogens is 206 g/mol. The molecule has 2 rings (SSSR count). The molecule has 0 aromatic carbocycles. The fraction of sp³-hybridized carbons (Fsp3) is 0.750. The Labute approximate surface area is 95.6 Å². The van der Waals surface area contributed by atoms with Crippen molar-refractivity contribution in [3.63, 3.8) is 0 Å². The number of rotatable bonds is 1. The van der Waals surface area contributed by atoms with Crippen LogP contribution in [0.1, 0.15) is 32.1 Å². The van der Waals surface area contributed by atoms with Gasteiger partial charge in [-0.15, -0.1) is 6.42 Å². The zero-order valence-corrected chi connectivity index (χ0v) is 9.32. The first-order valence-electron chi connectivity index (χ1n) is 5.79. The van der Waals surface area contributed by atoms with Crippen LogP contribution in [0, 0.1) is 12.3 Å². The fourth-order valence-electron chi connectivity index (χ4n) is 1.91. The Bertz CT molecular complexity index is 309. The Balaban J connectivity index is 1.79. The van der Waals surface area contributed by atoms with Crippen molar-refractivity contribution in [2.75, 3.05) is 13.1 Å². The number of hydrogen-bond acceptors (Lipinski definition) is 3. The van der Waals surface area contributed by atoms with Crippen LogP contribution in [0.5, 0.6) is 0 Å². The van der Waals surface area contributed by atoms with Gasteiger partial charge in [-0.3, -0.25) is 0 Å². The van der Waals surface area contributed by atoms with Crippen LogP contribution < -0.4 is 0 Å². The molecule has 0 aromatic rings. The van der Waals surface area contributed by atoms with E-state index in [-0.39, 0.29) is 12.2 Å². The number of ether oxygens (including phenoxy) is 1. The van der Waals surface area contributed by atoms with E-state index in [4.69, 9.17) is 11.2 Å². The maximum atomic E-state index is 11.7. The molecule has 1 aliphatic carbocycles. The highest BCUT2D eigenvalue weighted by Crippen LogP contribution is 2.25. The SMILES string of the molecule is C#CC1(O)CCN(C(=O)OC2CCC2)CC1. The van der Waals surface area contributed by atoms with Crippen molar-refractivity contribution in [1.82, 2.24) is 4.90 Å². The molecule has 0 bridgehead atoms. The number of nitrogens with zero attached hydrogens (tertiary/aromatic N) is 1. The molecule has 1 N–H and O–H groups in total. The Morgan fingerprint density at radius 2 is 2.06 bits per heavy atom. The smallest absolute Gasteiger partial charge is 0.410 e.